The number of nitrogens with zero attached hydrogens (tertiary/aromatic N) is 5. The van der Waals surface area contributed by atoms with Gasteiger partial charge in [0.25, 0.3) is 11.8 Å². The number of carbonyl (C=O) groups is 3. The fourth-order valence-electron chi connectivity index (χ4n) is 3.51. The molecule has 7 N–H and O–H groups in total. The molecule has 0 aromatic carbocycles. The lowest BCUT2D eigenvalue weighted by molar-refractivity contribution is -0.155. The lowest BCUT2D eigenvalue weighted by Gasteiger charge is -2.50. The Morgan fingerprint density at radius 1 is 1.33 bits per heavy atom. The number of aromatic nitrogens is 3. The van der Waals surface area contributed by atoms with Crippen LogP contribution in [0.1, 0.15) is 18.5 Å². The number of halogens is 1. The second-order valence-electron chi connectivity index (χ2n) is 6.86. The number of nitrogen functional groups attached to an aromatic ring is 2. The Bertz CT molecular complexity index is 1210. The third-order valence-electron chi connectivity index (χ3n) is 4.91. The summed E-state index contributed by atoms with van der Waals surface area (Å²) in [5.41, 5.74) is 10.3. The van der Waals surface area contributed by atoms with Gasteiger partial charge in [0.1, 0.15) is 32.6 Å². The third-order valence-corrected chi connectivity index (χ3v) is 7.07. The first-order chi connectivity index (χ1) is 15.7. The molecule has 0 saturated carbocycles. The van der Waals surface area contributed by atoms with Gasteiger partial charge in [-0.2, -0.15) is 0 Å². The monoisotopic (exact) mass is 510 g/mol. The molecule has 16 heteroatoms. The van der Waals surface area contributed by atoms with Crippen LogP contribution in [0.15, 0.2) is 32.9 Å². The third kappa shape index (κ3) is 4.17. The van der Waals surface area contributed by atoms with Crippen LogP contribution in [0.3, 0.4) is 0 Å². The van der Waals surface area contributed by atoms with E-state index in [0.29, 0.717) is 22.8 Å². The average molecular weight is 511 g/mol. The molecule has 2 atom stereocenters. The number of hydrogen-bond acceptors (Lipinski definition) is 12. The summed E-state index contributed by atoms with van der Waals surface area (Å²) >= 11 is 7.94. The van der Waals surface area contributed by atoms with Crippen molar-refractivity contribution >= 4 is 69.1 Å². The first-order valence-corrected chi connectivity index (χ1v) is 11.2. The minimum absolute atomic E-state index is 0.0400. The van der Waals surface area contributed by atoms with Crippen LogP contribution in [0.5, 0.6) is 0 Å². The van der Waals surface area contributed by atoms with E-state index in [1.807, 2.05) is 0 Å². The summed E-state index contributed by atoms with van der Waals surface area (Å²) in [4.78, 5) is 42.8. The van der Waals surface area contributed by atoms with E-state index >= 15 is 0 Å². The van der Waals surface area contributed by atoms with Crippen LogP contribution < -0.4 is 16.8 Å². The summed E-state index contributed by atoms with van der Waals surface area (Å²) in [5.74, 6) is -2.58. The van der Waals surface area contributed by atoms with Gasteiger partial charge in [-0.25, -0.2) is 9.78 Å². The van der Waals surface area contributed by atoms with Crippen LogP contribution in [0.2, 0.25) is 4.34 Å². The first kappa shape index (κ1) is 22.8. The molecule has 4 rings (SSSR count). The highest BCUT2D eigenvalue weighted by Crippen LogP contribution is 2.42. The molecule has 0 aliphatic carbocycles. The molecule has 2 amide bonds. The van der Waals surface area contributed by atoms with Gasteiger partial charge in [-0.1, -0.05) is 39.9 Å². The van der Waals surface area contributed by atoms with Crippen molar-refractivity contribution < 1.29 is 24.7 Å². The van der Waals surface area contributed by atoms with Gasteiger partial charge in [0.05, 0.1) is 6.04 Å². The molecule has 2 aliphatic rings. The Balaban J connectivity index is 1.53. The van der Waals surface area contributed by atoms with E-state index in [4.69, 9.17) is 23.1 Å². The normalized spacial score (nSPS) is 20.3. The van der Waals surface area contributed by atoms with Crippen molar-refractivity contribution in [1.29, 1.82) is 0 Å². The maximum atomic E-state index is 12.8. The topological polar surface area (TPSA) is 210 Å². The summed E-state index contributed by atoms with van der Waals surface area (Å²) in [6, 6.07) is 1.52. The Kier molecular flexibility index (Phi) is 6.09. The molecule has 4 heterocycles. The summed E-state index contributed by atoms with van der Waals surface area (Å²) in [6.07, 6.45) is 0.711. The summed E-state index contributed by atoms with van der Waals surface area (Å²) in [7, 11) is 0. The number of hydrogen-bond donors (Lipinski definition) is 5. The van der Waals surface area contributed by atoms with Gasteiger partial charge in [0.15, 0.2) is 10.8 Å². The van der Waals surface area contributed by atoms with Crippen molar-refractivity contribution in [3.63, 3.8) is 0 Å². The molecule has 0 spiro atoms. The van der Waals surface area contributed by atoms with Crippen molar-refractivity contribution in [2.24, 2.45) is 5.16 Å². The molecule has 2 aromatic rings. The van der Waals surface area contributed by atoms with E-state index in [9.17, 15) is 24.7 Å². The van der Waals surface area contributed by atoms with Gasteiger partial charge in [-0.3, -0.25) is 14.5 Å². The number of thioether (sulfide) groups is 1. The van der Waals surface area contributed by atoms with E-state index in [1.54, 1.807) is 6.07 Å². The number of allylic oxidation sites excluding steroid dienone is 1. The highest BCUT2D eigenvalue weighted by molar-refractivity contribution is 8.03. The second-order valence-corrected chi connectivity index (χ2v) is 9.61. The molecular weight excluding hydrogens is 496 g/mol. The van der Waals surface area contributed by atoms with E-state index < -0.39 is 35.6 Å². The minimum Gasteiger partial charge on any atom is -0.477 e. The van der Waals surface area contributed by atoms with Crippen LogP contribution in [-0.4, -0.2) is 66.0 Å². The Hall–Kier alpha value is -3.43. The van der Waals surface area contributed by atoms with Crippen LogP contribution in [0, 0.1) is 0 Å². The zero-order chi connectivity index (χ0) is 23.9. The number of oxime groups is 1. The van der Waals surface area contributed by atoms with Crippen molar-refractivity contribution in [3.05, 3.63) is 32.8 Å². The van der Waals surface area contributed by atoms with E-state index in [-0.39, 0.29) is 26.7 Å². The van der Waals surface area contributed by atoms with Crippen LogP contribution in [0.25, 0.3) is 0 Å². The summed E-state index contributed by atoms with van der Waals surface area (Å²) in [5, 5.41) is 32.6. The molecule has 33 heavy (non-hydrogen) atoms. The zero-order valence-electron chi connectivity index (χ0n) is 16.4. The first-order valence-electron chi connectivity index (χ1n) is 9.23. The van der Waals surface area contributed by atoms with Crippen molar-refractivity contribution in [2.45, 2.75) is 30.0 Å². The zero-order valence-corrected chi connectivity index (χ0v) is 18.8. The van der Waals surface area contributed by atoms with E-state index in [0.717, 1.165) is 28.0 Å². The number of fused-ring (bicyclic) bond motifs is 1. The number of carboxylic acids is 1. The molecular formula is C17H15ClN8O5S2. The van der Waals surface area contributed by atoms with Crippen molar-refractivity contribution in [3.8, 4) is 0 Å². The number of nitrogens with one attached hydrogen (secondary N) is 1. The molecule has 172 valence electrons. The minimum atomic E-state index is -1.29. The van der Waals surface area contributed by atoms with Crippen molar-refractivity contribution in [1.82, 2.24) is 25.4 Å². The summed E-state index contributed by atoms with van der Waals surface area (Å²) in [6.45, 7) is 0. The quantitative estimate of drug-likeness (QED) is 0.156. The number of nitrogens with two attached hydrogens (primary N) is 2. The van der Waals surface area contributed by atoms with Crippen LogP contribution in [0.4, 0.5) is 10.9 Å². The number of amides is 2. The maximum Gasteiger partial charge on any atom is 0.353 e. The predicted octanol–water partition coefficient (Wildman–Crippen LogP) is 0.507. The number of carboxylic acid groups (broad SMARTS) is 1. The number of carbonyl (C=O) groups excluding carboxylic acids is 2. The molecule has 13 nitrogen and oxygen atoms in total. The SMILES string of the molecule is Nc1ccc(SC2=C(C(=O)O)N3C(=O)[C@@H](NC(=O)/C(=N\O)c4nc(N)sc4Cl)[C@H]3CC2)nn1. The lowest BCUT2D eigenvalue weighted by Crippen LogP contribution is -2.72. The fourth-order valence-corrected chi connectivity index (χ4v) is 5.41. The number of anilines is 2. The lowest BCUT2D eigenvalue weighted by atomic mass is 9.86. The highest BCUT2D eigenvalue weighted by Gasteiger charge is 2.54. The van der Waals surface area contributed by atoms with Gasteiger partial charge in [-0.05, 0) is 25.0 Å². The van der Waals surface area contributed by atoms with Crippen LogP contribution in [-0.2, 0) is 14.4 Å². The van der Waals surface area contributed by atoms with Gasteiger partial charge in [-0.15, -0.1) is 10.2 Å². The number of thiazole rings is 1. The molecule has 0 radical (unpaired) electrons. The molecule has 0 bridgehead atoms. The largest absolute Gasteiger partial charge is 0.477 e. The fraction of sp³-hybridized carbons (Fsp3) is 0.235. The molecule has 0 unspecified atom stereocenters. The molecule has 2 aliphatic heterocycles. The van der Waals surface area contributed by atoms with E-state index in [2.05, 4.69) is 25.7 Å². The van der Waals surface area contributed by atoms with Gasteiger partial charge < -0.3 is 27.1 Å². The van der Waals surface area contributed by atoms with Gasteiger partial charge >= 0.3 is 5.97 Å². The Morgan fingerprint density at radius 3 is 2.67 bits per heavy atom. The molecule has 1 fully saturated rings. The smallest absolute Gasteiger partial charge is 0.353 e. The van der Waals surface area contributed by atoms with Crippen molar-refractivity contribution in [2.75, 3.05) is 11.5 Å². The highest BCUT2D eigenvalue weighted by atomic mass is 35.5. The number of β-lactam (4-membered cyclic amide) rings is 1. The Labute approximate surface area is 198 Å². The van der Waals surface area contributed by atoms with Crippen LogP contribution >= 0.6 is 34.7 Å². The average Bonchev–Trinajstić information content (AvgIpc) is 3.11. The number of rotatable bonds is 6. The van der Waals surface area contributed by atoms with E-state index in [1.165, 1.54) is 6.07 Å². The molecule has 1 saturated heterocycles. The maximum absolute atomic E-state index is 12.8. The number of aliphatic carboxylic acids is 1. The molecule has 2 aromatic heterocycles. The summed E-state index contributed by atoms with van der Waals surface area (Å²) < 4.78 is 0.0400. The van der Waals surface area contributed by atoms with Gasteiger partial charge in [0.2, 0.25) is 0 Å². The van der Waals surface area contributed by atoms with Gasteiger partial charge in [0, 0.05) is 4.91 Å². The predicted molar refractivity (Wildman–Crippen MR) is 119 cm³/mol. The standard InChI is InChI=1S/C17H15ClN8O5S2/c18-13-10(22-17(20)33-13)11(25-31)14(27)21-9-5-1-2-6(12(16(29)30)26(5)15(9)28)32-8-4-3-7(19)23-24-8/h3-5,9,31H,1-2H2,(H2,19,23)(H2,20,22)(H,21,27)(H,29,30)/b25-11-/t5-,9+/m1/s1. The Morgan fingerprint density at radius 2 is 2.09 bits per heavy atom. The second kappa shape index (κ2) is 8.84.